The van der Waals surface area contributed by atoms with Gasteiger partial charge in [-0.15, -0.1) is 0 Å². The molecule has 0 aliphatic heterocycles. The van der Waals surface area contributed by atoms with Crippen molar-refractivity contribution in [2.24, 2.45) is 5.10 Å². The van der Waals surface area contributed by atoms with Crippen LogP contribution in [0.5, 0.6) is 0 Å². The van der Waals surface area contributed by atoms with E-state index in [0.717, 1.165) is 0 Å². The number of hydrazone groups is 1. The summed E-state index contributed by atoms with van der Waals surface area (Å²) in [7, 11) is 0. The lowest BCUT2D eigenvalue weighted by molar-refractivity contribution is -0.121. The maximum absolute atomic E-state index is 13.2. The van der Waals surface area contributed by atoms with Crippen LogP contribution in [0.2, 0.25) is 10.0 Å². The second-order valence-electron chi connectivity index (χ2n) is 5.98. The van der Waals surface area contributed by atoms with Crippen LogP contribution in [-0.2, 0) is 4.79 Å². The van der Waals surface area contributed by atoms with Gasteiger partial charge in [0.2, 0.25) is 5.71 Å². The lowest BCUT2D eigenvalue weighted by atomic mass is 9.92. The van der Waals surface area contributed by atoms with Gasteiger partial charge in [-0.3, -0.25) is 10.2 Å². The number of anilines is 1. The molecule has 0 aliphatic rings. The highest BCUT2D eigenvalue weighted by Crippen LogP contribution is 2.37. The summed E-state index contributed by atoms with van der Waals surface area (Å²) < 4.78 is 13.2. The normalized spacial score (nSPS) is 11.7. The molecule has 0 bridgehead atoms. The van der Waals surface area contributed by atoms with Crippen molar-refractivity contribution >= 4 is 46.6 Å². The zero-order chi connectivity index (χ0) is 23.1. The number of imide groups is 1. The fourth-order valence-electron chi connectivity index (χ4n) is 2.62. The highest BCUT2D eigenvalue weighted by atomic mass is 35.5. The minimum absolute atomic E-state index is 0.0895. The smallest absolute Gasteiger partial charge is 0.414 e. The maximum atomic E-state index is 13.2. The Hall–Kier alpha value is -3.66. The number of carbonyl (C=O) groups excluding carboxylic acids is 1. The van der Waals surface area contributed by atoms with Crippen LogP contribution in [0, 0.1) is 28.5 Å². The molecule has 31 heavy (non-hydrogen) atoms. The lowest BCUT2D eigenvalue weighted by Crippen LogP contribution is -2.40. The molecule has 1 atom stereocenters. The van der Waals surface area contributed by atoms with Crippen LogP contribution < -0.4 is 5.43 Å². The van der Waals surface area contributed by atoms with Gasteiger partial charge in [0.05, 0.1) is 17.7 Å². The molecule has 2 amide bonds. The van der Waals surface area contributed by atoms with Crippen LogP contribution in [0.15, 0.2) is 41.5 Å². The summed E-state index contributed by atoms with van der Waals surface area (Å²) in [6.07, 6.45) is -1.52. The Morgan fingerprint density at radius 2 is 1.81 bits per heavy atom. The standard InChI is InChI=1S/C20H14Cl2FN5O3/c1-2-28(20(30)31)19(29)17(10-25)27-26-13-7-15(21)18(16(22)8-13)14(9-24)11-3-5-12(23)6-4-11/h3-8,14,26H,2H2,1H3,(H,30,31)/b27-17+. The van der Waals surface area contributed by atoms with Crippen molar-refractivity contribution in [3.63, 3.8) is 0 Å². The van der Waals surface area contributed by atoms with Gasteiger partial charge in [0, 0.05) is 22.2 Å². The Balaban J connectivity index is 2.35. The summed E-state index contributed by atoms with van der Waals surface area (Å²) in [6.45, 7) is 1.26. The molecule has 0 radical (unpaired) electrons. The van der Waals surface area contributed by atoms with Crippen molar-refractivity contribution < 1.29 is 19.1 Å². The number of nitriles is 2. The van der Waals surface area contributed by atoms with Gasteiger partial charge in [-0.05, 0) is 36.8 Å². The molecule has 0 heterocycles. The van der Waals surface area contributed by atoms with Crippen molar-refractivity contribution in [2.75, 3.05) is 12.0 Å². The number of hydrogen-bond donors (Lipinski definition) is 2. The van der Waals surface area contributed by atoms with E-state index in [2.05, 4.69) is 16.6 Å². The number of amides is 2. The molecule has 0 saturated heterocycles. The number of nitrogens with one attached hydrogen (secondary N) is 1. The first-order valence-electron chi connectivity index (χ1n) is 8.66. The van der Waals surface area contributed by atoms with Crippen LogP contribution in [0.25, 0.3) is 0 Å². The second kappa shape index (κ2) is 10.4. The van der Waals surface area contributed by atoms with Crippen LogP contribution >= 0.6 is 23.2 Å². The molecular formula is C20H14Cl2FN5O3. The monoisotopic (exact) mass is 461 g/mol. The van der Waals surface area contributed by atoms with Crippen molar-refractivity contribution in [2.45, 2.75) is 12.8 Å². The van der Waals surface area contributed by atoms with E-state index in [1.165, 1.54) is 49.4 Å². The van der Waals surface area contributed by atoms with E-state index in [9.17, 15) is 19.2 Å². The van der Waals surface area contributed by atoms with E-state index in [4.69, 9.17) is 33.6 Å². The quantitative estimate of drug-likeness (QED) is 0.477. The maximum Gasteiger partial charge on any atom is 0.414 e. The molecule has 2 rings (SSSR count). The fourth-order valence-corrected chi connectivity index (χ4v) is 3.33. The molecule has 2 aromatic rings. The van der Waals surface area contributed by atoms with Gasteiger partial charge < -0.3 is 5.11 Å². The van der Waals surface area contributed by atoms with E-state index >= 15 is 0 Å². The number of hydrogen-bond acceptors (Lipinski definition) is 6. The van der Waals surface area contributed by atoms with Gasteiger partial charge >= 0.3 is 6.09 Å². The molecule has 2 N–H and O–H groups in total. The molecule has 8 nitrogen and oxygen atoms in total. The molecular weight excluding hydrogens is 448 g/mol. The zero-order valence-electron chi connectivity index (χ0n) is 15.9. The van der Waals surface area contributed by atoms with Crippen LogP contribution in [-0.4, -0.2) is 34.3 Å². The average molecular weight is 462 g/mol. The number of carboxylic acid groups (broad SMARTS) is 1. The van der Waals surface area contributed by atoms with Gasteiger partial charge in [0.1, 0.15) is 11.9 Å². The van der Waals surface area contributed by atoms with E-state index in [1.54, 1.807) is 0 Å². The van der Waals surface area contributed by atoms with Crippen molar-refractivity contribution in [1.29, 1.82) is 10.5 Å². The minimum Gasteiger partial charge on any atom is -0.465 e. The third-order valence-electron chi connectivity index (χ3n) is 4.10. The topological polar surface area (TPSA) is 130 Å². The van der Waals surface area contributed by atoms with E-state index in [-0.39, 0.29) is 27.8 Å². The first-order valence-corrected chi connectivity index (χ1v) is 9.41. The molecule has 0 spiro atoms. The summed E-state index contributed by atoms with van der Waals surface area (Å²) in [4.78, 5) is 23.6. The van der Waals surface area contributed by atoms with E-state index in [1.807, 2.05) is 0 Å². The molecule has 158 valence electrons. The van der Waals surface area contributed by atoms with Crippen LogP contribution in [0.1, 0.15) is 24.0 Å². The third kappa shape index (κ3) is 5.48. The van der Waals surface area contributed by atoms with Gasteiger partial charge in [-0.1, -0.05) is 35.3 Å². The predicted octanol–water partition coefficient (Wildman–Crippen LogP) is 4.61. The predicted molar refractivity (Wildman–Crippen MR) is 112 cm³/mol. The van der Waals surface area contributed by atoms with Crippen LogP contribution in [0.3, 0.4) is 0 Å². The van der Waals surface area contributed by atoms with Crippen molar-refractivity contribution in [3.05, 3.63) is 63.4 Å². The summed E-state index contributed by atoms with van der Waals surface area (Å²) in [5.41, 5.74) is 2.69. The van der Waals surface area contributed by atoms with Gasteiger partial charge in [0.25, 0.3) is 5.91 Å². The lowest BCUT2D eigenvalue weighted by Gasteiger charge is -2.16. The second-order valence-corrected chi connectivity index (χ2v) is 6.80. The van der Waals surface area contributed by atoms with Crippen molar-refractivity contribution in [3.8, 4) is 12.1 Å². The van der Waals surface area contributed by atoms with Crippen molar-refractivity contribution in [1.82, 2.24) is 4.90 Å². The van der Waals surface area contributed by atoms with Crippen LogP contribution in [0.4, 0.5) is 14.9 Å². The zero-order valence-corrected chi connectivity index (χ0v) is 17.4. The van der Waals surface area contributed by atoms with Gasteiger partial charge in [-0.25, -0.2) is 14.1 Å². The average Bonchev–Trinajstić information content (AvgIpc) is 2.72. The van der Waals surface area contributed by atoms with E-state index < -0.39 is 29.4 Å². The Morgan fingerprint density at radius 3 is 2.26 bits per heavy atom. The number of carbonyl (C=O) groups is 2. The molecule has 11 heteroatoms. The Labute approximate surface area is 186 Å². The summed E-state index contributed by atoms with van der Waals surface area (Å²) in [5.74, 6) is -2.43. The highest BCUT2D eigenvalue weighted by molar-refractivity contribution is 6.46. The van der Waals surface area contributed by atoms with Gasteiger partial charge in [0.15, 0.2) is 0 Å². The summed E-state index contributed by atoms with van der Waals surface area (Å²) in [6, 6.07) is 11.6. The largest absolute Gasteiger partial charge is 0.465 e. The Morgan fingerprint density at radius 1 is 1.23 bits per heavy atom. The summed E-state index contributed by atoms with van der Waals surface area (Å²) in [5, 5.41) is 31.5. The Bertz CT molecular complexity index is 1100. The molecule has 0 aliphatic carbocycles. The molecule has 0 fully saturated rings. The fraction of sp³-hybridized carbons (Fsp3) is 0.150. The third-order valence-corrected chi connectivity index (χ3v) is 4.72. The molecule has 0 saturated carbocycles. The Kier molecular flexibility index (Phi) is 7.92. The minimum atomic E-state index is -1.52. The van der Waals surface area contributed by atoms with E-state index in [0.29, 0.717) is 10.5 Å². The number of halogens is 3. The highest BCUT2D eigenvalue weighted by Gasteiger charge is 2.24. The first kappa shape index (κ1) is 23.6. The summed E-state index contributed by atoms with van der Waals surface area (Å²) >= 11 is 12.6. The number of benzene rings is 2. The number of nitrogens with zero attached hydrogens (tertiary/aromatic N) is 4. The first-order chi connectivity index (χ1) is 14.7. The molecule has 1 unspecified atom stereocenters. The number of rotatable bonds is 6. The SMILES string of the molecule is CCN(C(=O)O)C(=O)/C(C#N)=N/Nc1cc(Cl)c(C(C#N)c2ccc(F)cc2)c(Cl)c1. The molecule has 2 aromatic carbocycles. The van der Waals surface area contributed by atoms with Gasteiger partial charge in [-0.2, -0.15) is 15.6 Å². The molecule has 0 aromatic heterocycles.